The van der Waals surface area contributed by atoms with Crippen molar-refractivity contribution < 1.29 is 33.3 Å². The number of nitrogens with zero attached hydrogens (tertiary/aromatic N) is 7. The van der Waals surface area contributed by atoms with Crippen LogP contribution < -0.4 is 24.8 Å². The summed E-state index contributed by atoms with van der Waals surface area (Å²) < 4.78 is 29.6. The monoisotopic (exact) mass is 1020 g/mol. The van der Waals surface area contributed by atoms with E-state index in [1.807, 2.05) is 30.3 Å². The van der Waals surface area contributed by atoms with E-state index in [4.69, 9.17) is 39.4 Å². The molecule has 0 aliphatic carbocycles. The van der Waals surface area contributed by atoms with Gasteiger partial charge < -0.3 is 49.1 Å². The molecule has 16 nitrogen and oxygen atoms in total. The lowest BCUT2D eigenvalue weighted by Crippen LogP contribution is -2.51. The number of likely N-dealkylation sites (tertiary alicyclic amines) is 1. The van der Waals surface area contributed by atoms with Gasteiger partial charge in [0.25, 0.3) is 5.91 Å². The molecule has 73 heavy (non-hydrogen) atoms. The van der Waals surface area contributed by atoms with E-state index in [0.29, 0.717) is 56.6 Å². The van der Waals surface area contributed by atoms with Gasteiger partial charge in [-0.25, -0.2) is 14.8 Å². The Morgan fingerprint density at radius 2 is 1.70 bits per heavy atom. The number of hydrogen-bond donors (Lipinski definition) is 2. The topological polar surface area (TPSA) is 173 Å². The van der Waals surface area contributed by atoms with Crippen molar-refractivity contribution in [3.05, 3.63) is 126 Å². The number of carbonyl (C=O) groups is 2. The van der Waals surface area contributed by atoms with Crippen LogP contribution in [-0.2, 0) is 15.9 Å². The van der Waals surface area contributed by atoms with Gasteiger partial charge in [-0.05, 0) is 134 Å². The zero-order valence-corrected chi connectivity index (χ0v) is 42.9. The summed E-state index contributed by atoms with van der Waals surface area (Å²) in [6, 6.07) is 29.6. The SMILES string of the molecule is C=C1C[C@@H](C2OCCN2C(=O)OCCSSc2ccccn2)N(C(=O)c2cc(OC)c(OCCCCCOc3ccc(C4=Nc5ccc(-c6nc7ccc(N8CCN(C)CC8)cc7[nH]6)cc5C4)cc3)cc2N)C1. The summed E-state index contributed by atoms with van der Waals surface area (Å²) in [6.45, 7) is 10.6. The number of nitrogen functional groups attached to an aromatic ring is 1. The fourth-order valence-electron chi connectivity index (χ4n) is 9.65. The van der Waals surface area contributed by atoms with Gasteiger partial charge in [0, 0.05) is 74.1 Å². The molecule has 0 radical (unpaired) electrons. The second kappa shape index (κ2) is 23.0. The first-order chi connectivity index (χ1) is 35.7. The minimum absolute atomic E-state index is 0.225. The number of anilines is 2. The number of hydrogen-bond acceptors (Lipinski definition) is 15. The van der Waals surface area contributed by atoms with Gasteiger partial charge in [0.2, 0.25) is 0 Å². The van der Waals surface area contributed by atoms with Crippen LogP contribution in [0.1, 0.15) is 47.2 Å². The number of benzene rings is 4. The molecule has 2 amide bonds. The van der Waals surface area contributed by atoms with Gasteiger partial charge in [-0.2, -0.15) is 0 Å². The summed E-state index contributed by atoms with van der Waals surface area (Å²) in [6.07, 6.45) is 4.31. The number of fused-ring (bicyclic) bond motifs is 2. The number of aromatic nitrogens is 3. The van der Waals surface area contributed by atoms with Crippen molar-refractivity contribution >= 4 is 67.4 Å². The number of pyridine rings is 1. The van der Waals surface area contributed by atoms with E-state index in [2.05, 4.69) is 81.9 Å². The highest BCUT2D eigenvalue weighted by molar-refractivity contribution is 8.76. The first-order valence-electron chi connectivity index (χ1n) is 24.9. The van der Waals surface area contributed by atoms with E-state index >= 15 is 0 Å². The number of likely N-dealkylation sites (N-methyl/N-ethyl adjacent to an activating group) is 1. The second-order valence-electron chi connectivity index (χ2n) is 18.6. The normalized spacial score (nSPS) is 17.8. The van der Waals surface area contributed by atoms with E-state index in [9.17, 15) is 9.59 Å². The average molecular weight is 1020 g/mol. The molecule has 3 saturated heterocycles. The van der Waals surface area contributed by atoms with Crippen LogP contribution in [0.3, 0.4) is 0 Å². The lowest BCUT2D eigenvalue weighted by atomic mass is 10.0. The Kier molecular flexibility index (Phi) is 15.7. The van der Waals surface area contributed by atoms with Crippen LogP contribution in [0.4, 0.5) is 21.9 Å². The number of H-pyrrole nitrogens is 1. The Morgan fingerprint density at radius 1 is 0.877 bits per heavy atom. The number of nitrogens with two attached hydrogens (primary N) is 1. The van der Waals surface area contributed by atoms with Crippen LogP contribution in [0.25, 0.3) is 22.4 Å². The fraction of sp³-hybridized carbons (Fsp3) is 0.364. The predicted molar refractivity (Wildman–Crippen MR) is 289 cm³/mol. The van der Waals surface area contributed by atoms with Gasteiger partial charge in [0.05, 0.1) is 67.5 Å². The van der Waals surface area contributed by atoms with E-state index in [0.717, 1.165) is 108 Å². The molecule has 0 bridgehead atoms. The van der Waals surface area contributed by atoms with Gasteiger partial charge >= 0.3 is 6.09 Å². The fourth-order valence-corrected chi connectivity index (χ4v) is 11.4. The number of nitrogens with one attached hydrogen (secondary N) is 1. The molecule has 4 aliphatic heterocycles. The third kappa shape index (κ3) is 11.7. The van der Waals surface area contributed by atoms with Crippen LogP contribution in [0.15, 0.2) is 119 Å². The summed E-state index contributed by atoms with van der Waals surface area (Å²) in [7, 11) is 6.80. The van der Waals surface area contributed by atoms with Gasteiger partial charge in [0.15, 0.2) is 17.7 Å². The number of rotatable bonds is 19. The Bertz CT molecular complexity index is 2970. The first kappa shape index (κ1) is 49.8. The highest BCUT2D eigenvalue weighted by Crippen LogP contribution is 2.38. The number of aromatic amines is 1. The third-order valence-electron chi connectivity index (χ3n) is 13.6. The minimum atomic E-state index is -0.687. The molecule has 0 saturated carbocycles. The molecule has 6 aromatic rings. The number of imidazole rings is 1. The molecule has 3 N–H and O–H groups in total. The number of amides is 2. The average Bonchev–Trinajstić information content (AvgIpc) is 4.24. The number of ether oxygens (including phenoxy) is 5. The van der Waals surface area contributed by atoms with Gasteiger partial charge in [0.1, 0.15) is 23.2 Å². The summed E-state index contributed by atoms with van der Waals surface area (Å²) in [4.78, 5) is 53.2. The van der Waals surface area contributed by atoms with Crippen molar-refractivity contribution in [2.75, 3.05) is 96.2 Å². The molecular weight excluding hydrogens is 963 g/mol. The molecule has 0 spiro atoms. The summed E-state index contributed by atoms with van der Waals surface area (Å²) >= 11 is 0. The zero-order chi connectivity index (χ0) is 50.3. The molecule has 4 aliphatic rings. The first-order valence-corrected chi connectivity index (χ1v) is 27.2. The molecule has 380 valence electrons. The predicted octanol–water partition coefficient (Wildman–Crippen LogP) is 9.28. The van der Waals surface area contributed by atoms with Crippen LogP contribution >= 0.6 is 21.6 Å². The molecule has 2 atom stereocenters. The molecule has 4 aromatic carbocycles. The van der Waals surface area contributed by atoms with Crippen LogP contribution in [0, 0.1) is 0 Å². The number of unbranched alkanes of at least 4 members (excludes halogenated alkanes) is 2. The third-order valence-corrected chi connectivity index (χ3v) is 15.8. The molecular formula is C55H61N9O7S2. The Balaban J connectivity index is 0.656. The zero-order valence-electron chi connectivity index (χ0n) is 41.3. The van der Waals surface area contributed by atoms with E-state index in [1.54, 1.807) is 38.9 Å². The Labute approximate surface area is 433 Å². The number of piperazine rings is 1. The maximum atomic E-state index is 14.2. The summed E-state index contributed by atoms with van der Waals surface area (Å²) in [5.74, 6) is 2.81. The second-order valence-corrected chi connectivity index (χ2v) is 21.1. The van der Waals surface area contributed by atoms with Crippen LogP contribution in [-0.4, -0.2) is 145 Å². The van der Waals surface area contributed by atoms with Crippen molar-refractivity contribution in [1.29, 1.82) is 0 Å². The van der Waals surface area contributed by atoms with Crippen LogP contribution in [0.2, 0.25) is 0 Å². The molecule has 10 rings (SSSR count). The molecule has 18 heteroatoms. The van der Waals surface area contributed by atoms with Crippen molar-refractivity contribution in [2.45, 2.75) is 49.4 Å². The van der Waals surface area contributed by atoms with Gasteiger partial charge in [-0.3, -0.25) is 14.7 Å². The number of carbonyl (C=O) groups excluding carboxylic acids is 2. The van der Waals surface area contributed by atoms with Gasteiger partial charge in [-0.1, -0.05) is 29.0 Å². The van der Waals surface area contributed by atoms with Crippen molar-refractivity contribution in [3.8, 4) is 28.6 Å². The maximum absolute atomic E-state index is 14.2. The lowest BCUT2D eigenvalue weighted by molar-refractivity contribution is -0.0200. The molecule has 2 aromatic heterocycles. The number of aliphatic imine (C=N–C) groups is 1. The standard InChI is InChI=1S/C55H61N9O7S2/c1-36-29-48(54-63(23-26-70-54)55(66)71-27-28-72-73-51-9-5-6-18-57-51)64(35-36)53(65)42-33-49(67-3)50(34-43(42)56)69-25-8-4-7-24-68-41-14-10-37(11-15-41)46-31-39-30-38(12-16-44(39)58-46)52-59-45-17-13-40(32-47(45)60-52)62-21-19-61(2)20-22-62/h5-6,9-18,30,32-34,48,54H,1,4,7-8,19-29,31,35,56H2,2-3H3,(H,59,60)/t48-,54?/m0/s1. The minimum Gasteiger partial charge on any atom is -0.494 e. The highest BCUT2D eigenvalue weighted by atomic mass is 33.1. The smallest absolute Gasteiger partial charge is 0.412 e. The Morgan fingerprint density at radius 3 is 2.51 bits per heavy atom. The largest absolute Gasteiger partial charge is 0.494 e. The summed E-state index contributed by atoms with van der Waals surface area (Å²) in [5, 5.41) is 0.889. The lowest BCUT2D eigenvalue weighted by Gasteiger charge is -2.34. The molecule has 1 unspecified atom stereocenters. The molecule has 6 heterocycles. The maximum Gasteiger partial charge on any atom is 0.412 e. The van der Waals surface area contributed by atoms with E-state index in [1.165, 1.54) is 29.2 Å². The van der Waals surface area contributed by atoms with Gasteiger partial charge in [-0.15, -0.1) is 0 Å². The van der Waals surface area contributed by atoms with Crippen molar-refractivity contribution in [2.24, 2.45) is 4.99 Å². The Hall–Kier alpha value is -6.73. The van der Waals surface area contributed by atoms with Crippen molar-refractivity contribution in [1.82, 2.24) is 29.7 Å². The van der Waals surface area contributed by atoms with E-state index < -0.39 is 18.4 Å². The van der Waals surface area contributed by atoms with Crippen molar-refractivity contribution in [3.63, 3.8) is 0 Å². The summed E-state index contributed by atoms with van der Waals surface area (Å²) in [5.41, 5.74) is 16.5. The number of methoxy groups -OCH3 is 1. The molecule has 3 fully saturated rings. The highest BCUT2D eigenvalue weighted by Gasteiger charge is 2.45. The van der Waals surface area contributed by atoms with E-state index in [-0.39, 0.29) is 23.8 Å². The quantitative estimate of drug-likeness (QED) is 0.0340. The van der Waals surface area contributed by atoms with Crippen LogP contribution in [0.5, 0.6) is 17.2 Å².